The molecule has 3 fully saturated rings. The smallest absolute Gasteiger partial charge is 0.315 e. The van der Waals surface area contributed by atoms with Gasteiger partial charge in [0.15, 0.2) is 0 Å². The largest absolute Gasteiger partial charge is 0.497 e. The van der Waals surface area contributed by atoms with Crippen LogP contribution in [0.25, 0.3) is 22.2 Å². The maximum absolute atomic E-state index is 14.7. The Kier molecular flexibility index (Phi) is 10.9. The van der Waals surface area contributed by atoms with Gasteiger partial charge in [-0.3, -0.25) is 19.1 Å². The van der Waals surface area contributed by atoms with Gasteiger partial charge in [-0.05, 0) is 57.6 Å². The number of aromatic nitrogens is 1. The number of benzene rings is 2. The highest BCUT2D eigenvalue weighted by molar-refractivity contribution is 7.91. The summed E-state index contributed by atoms with van der Waals surface area (Å²) in [6, 6.07) is 14.1. The van der Waals surface area contributed by atoms with Crippen LogP contribution >= 0.6 is 0 Å². The molecule has 1 saturated heterocycles. The number of fused-ring (bicyclic) bond motifs is 1. The van der Waals surface area contributed by atoms with Crippen LogP contribution in [0.1, 0.15) is 67.2 Å². The molecule has 0 unspecified atom stereocenters. The van der Waals surface area contributed by atoms with Gasteiger partial charge in [0.25, 0.3) is 5.91 Å². The van der Waals surface area contributed by atoms with Crippen molar-refractivity contribution in [2.24, 2.45) is 11.3 Å². The summed E-state index contributed by atoms with van der Waals surface area (Å²) in [5, 5.41) is 8.53. The summed E-state index contributed by atoms with van der Waals surface area (Å²) in [6.45, 7) is 14.7. The van der Waals surface area contributed by atoms with Crippen molar-refractivity contribution in [1.29, 1.82) is 0 Å². The first-order valence-corrected chi connectivity index (χ1v) is 20.4. The second kappa shape index (κ2) is 15.1. The number of pyridine rings is 1. The Morgan fingerprint density at radius 3 is 2.30 bits per heavy atom. The molecule has 2 aromatic carbocycles. The monoisotopic (exact) mass is 788 g/mol. The molecule has 3 aromatic rings. The minimum atomic E-state index is -3.91. The molecule has 5 amide bonds. The van der Waals surface area contributed by atoms with Crippen LogP contribution in [0.15, 0.2) is 67.3 Å². The molecule has 0 bridgehead atoms. The molecule has 300 valence electrons. The van der Waals surface area contributed by atoms with E-state index in [0.717, 1.165) is 5.56 Å². The first-order valence-electron chi connectivity index (χ1n) is 18.9. The molecule has 4 N–H and O–H groups in total. The first-order chi connectivity index (χ1) is 26.2. The summed E-state index contributed by atoms with van der Waals surface area (Å²) in [5.74, 6) is -1.47. The Hall–Kier alpha value is -5.18. The number of methoxy groups -OCH3 is 1. The number of rotatable bonds is 12. The van der Waals surface area contributed by atoms with Gasteiger partial charge in [-0.25, -0.2) is 18.2 Å². The van der Waals surface area contributed by atoms with Crippen molar-refractivity contribution in [3.8, 4) is 22.8 Å². The van der Waals surface area contributed by atoms with Gasteiger partial charge in [0.2, 0.25) is 21.8 Å². The average Bonchev–Trinajstić information content (AvgIpc) is 4.06. The molecule has 56 heavy (non-hydrogen) atoms. The van der Waals surface area contributed by atoms with Gasteiger partial charge in [-0.15, -0.1) is 6.58 Å². The molecular weight excluding hydrogens is 737 g/mol. The Bertz CT molecular complexity index is 2140. The maximum atomic E-state index is 14.7. The number of ether oxygens (including phenoxy) is 2. The minimum Gasteiger partial charge on any atom is -0.497 e. The number of nitrogens with zero attached hydrogens (tertiary/aromatic N) is 2. The topological polar surface area (TPSA) is 185 Å². The zero-order valence-electron chi connectivity index (χ0n) is 33.0. The predicted octanol–water partition coefficient (Wildman–Crippen LogP) is 4.44. The molecule has 5 atom stereocenters. The molecule has 2 heterocycles. The highest BCUT2D eigenvalue weighted by Crippen LogP contribution is 2.46. The third kappa shape index (κ3) is 8.77. The molecule has 3 aliphatic rings. The standard InChI is InChI=1S/C41H52N6O8S/c1-9-25-22-41(25,37(50)46-56(52,53)28-16-17-28)44-35(48)32-20-27(23-47(32)36(49)34(39(2,3)4)43-38(51)45-40(5,6)7)55-33-21-30(24-13-11-10-12-14-24)42-31-19-26(54-8)15-18-29(31)33/h9-15,18-19,21,25,27-28,32,34H,1,16-17,20,22-23H2,2-8H3,(H,44,48)(H,46,50)(H2,43,45,51)/t25-,27-,32+,34-,41-/m1/s1. The van der Waals surface area contributed by atoms with E-state index in [1.807, 2.05) is 84.0 Å². The molecule has 2 aliphatic carbocycles. The van der Waals surface area contributed by atoms with Gasteiger partial charge in [0.1, 0.15) is 35.2 Å². The van der Waals surface area contributed by atoms with E-state index in [2.05, 4.69) is 27.3 Å². The van der Waals surface area contributed by atoms with Crippen LogP contribution in [-0.2, 0) is 24.4 Å². The SMILES string of the molecule is C=C[C@@H]1C[C@]1(NC(=O)[C@@H]1C[C@@H](Oc2cc(-c3ccccc3)nc3cc(OC)ccc23)CN1C(=O)[C@@H](NC(=O)NC(C)(C)C)C(C)(C)C)C(=O)NS(=O)(=O)C1CC1. The van der Waals surface area contributed by atoms with Crippen molar-refractivity contribution in [2.75, 3.05) is 13.7 Å². The second-order valence-corrected chi connectivity index (χ2v) is 19.0. The van der Waals surface area contributed by atoms with Gasteiger partial charge >= 0.3 is 6.03 Å². The highest BCUT2D eigenvalue weighted by atomic mass is 32.2. The van der Waals surface area contributed by atoms with Crippen molar-refractivity contribution in [3.63, 3.8) is 0 Å². The van der Waals surface area contributed by atoms with Gasteiger partial charge in [-0.1, -0.05) is 57.2 Å². The van der Waals surface area contributed by atoms with Crippen molar-refractivity contribution in [2.45, 2.75) is 102 Å². The number of hydrogen-bond donors (Lipinski definition) is 4. The van der Waals surface area contributed by atoms with Crippen LogP contribution in [-0.4, -0.2) is 90.2 Å². The first kappa shape index (κ1) is 40.5. The van der Waals surface area contributed by atoms with E-state index in [4.69, 9.17) is 14.5 Å². The molecule has 0 spiro atoms. The fourth-order valence-electron chi connectivity index (χ4n) is 7.05. The second-order valence-electron chi connectivity index (χ2n) is 17.1. The Balaban J connectivity index is 1.34. The van der Waals surface area contributed by atoms with Crippen molar-refractivity contribution >= 4 is 44.7 Å². The molecule has 2 saturated carbocycles. The maximum Gasteiger partial charge on any atom is 0.315 e. The van der Waals surface area contributed by atoms with E-state index in [1.165, 1.54) is 11.0 Å². The molecule has 0 radical (unpaired) electrons. The van der Waals surface area contributed by atoms with Crippen LogP contribution in [0.4, 0.5) is 4.79 Å². The van der Waals surface area contributed by atoms with Crippen LogP contribution < -0.4 is 30.1 Å². The lowest BCUT2D eigenvalue weighted by Crippen LogP contribution is -2.61. The van der Waals surface area contributed by atoms with Gasteiger partial charge in [0.05, 0.1) is 30.1 Å². The van der Waals surface area contributed by atoms with Crippen LogP contribution in [0, 0.1) is 11.3 Å². The van der Waals surface area contributed by atoms with E-state index >= 15 is 0 Å². The number of nitrogens with one attached hydrogen (secondary N) is 4. The normalized spacial score (nSPS) is 22.8. The number of sulfonamides is 1. The lowest BCUT2D eigenvalue weighted by atomic mass is 9.85. The molecule has 6 rings (SSSR count). The summed E-state index contributed by atoms with van der Waals surface area (Å²) in [4.78, 5) is 62.1. The summed E-state index contributed by atoms with van der Waals surface area (Å²) in [7, 11) is -2.34. The average molecular weight is 789 g/mol. The minimum absolute atomic E-state index is 0.0279. The number of amides is 5. The zero-order chi connectivity index (χ0) is 40.8. The summed E-state index contributed by atoms with van der Waals surface area (Å²) in [5.41, 5.74) is -0.839. The zero-order valence-corrected chi connectivity index (χ0v) is 33.8. The lowest BCUT2D eigenvalue weighted by molar-refractivity contribution is -0.142. The molecule has 15 heteroatoms. The third-order valence-corrected chi connectivity index (χ3v) is 12.1. The summed E-state index contributed by atoms with van der Waals surface area (Å²) >= 11 is 0. The predicted molar refractivity (Wildman–Crippen MR) is 212 cm³/mol. The lowest BCUT2D eigenvalue weighted by Gasteiger charge is -2.36. The highest BCUT2D eigenvalue weighted by Gasteiger charge is 2.62. The Morgan fingerprint density at radius 2 is 1.71 bits per heavy atom. The Labute approximate surface area is 328 Å². The van der Waals surface area contributed by atoms with E-state index in [9.17, 15) is 27.6 Å². The van der Waals surface area contributed by atoms with E-state index in [0.29, 0.717) is 40.9 Å². The molecular formula is C41H52N6O8S. The van der Waals surface area contributed by atoms with Crippen LogP contribution in [0.5, 0.6) is 11.5 Å². The number of hydrogen-bond acceptors (Lipinski definition) is 9. The molecule has 14 nitrogen and oxygen atoms in total. The van der Waals surface area contributed by atoms with Crippen LogP contribution in [0.3, 0.4) is 0 Å². The van der Waals surface area contributed by atoms with Gasteiger partial charge in [-0.2, -0.15) is 0 Å². The van der Waals surface area contributed by atoms with Crippen molar-refractivity contribution in [3.05, 3.63) is 67.3 Å². The summed E-state index contributed by atoms with van der Waals surface area (Å²) < 4.78 is 39.9. The number of carbonyl (C=O) groups is 4. The Morgan fingerprint density at radius 1 is 1.02 bits per heavy atom. The van der Waals surface area contributed by atoms with Crippen molar-refractivity contribution < 1.29 is 37.1 Å². The number of likely N-dealkylation sites (tertiary alicyclic amines) is 1. The van der Waals surface area contributed by atoms with Gasteiger partial charge < -0.3 is 30.3 Å². The number of carbonyl (C=O) groups excluding carboxylic acids is 4. The fraction of sp³-hybridized carbons (Fsp3) is 0.488. The van der Waals surface area contributed by atoms with E-state index in [1.54, 1.807) is 19.2 Å². The van der Waals surface area contributed by atoms with E-state index < -0.39 is 79.6 Å². The quantitative estimate of drug-likeness (QED) is 0.193. The third-order valence-electron chi connectivity index (χ3n) is 10.3. The molecule has 1 aromatic heterocycles. The fourth-order valence-corrected chi connectivity index (χ4v) is 8.42. The van der Waals surface area contributed by atoms with E-state index in [-0.39, 0.29) is 19.4 Å². The van der Waals surface area contributed by atoms with Gasteiger partial charge in [0, 0.05) is 41.0 Å². The number of urea groups is 1. The summed E-state index contributed by atoms with van der Waals surface area (Å²) in [6.07, 6.45) is 1.87. The van der Waals surface area contributed by atoms with Crippen molar-refractivity contribution in [1.82, 2.24) is 30.6 Å². The molecule has 1 aliphatic heterocycles. The van der Waals surface area contributed by atoms with Crippen LogP contribution in [0.2, 0.25) is 0 Å².